The normalized spacial score (nSPS) is 10.5. The van der Waals surface area contributed by atoms with Crippen molar-refractivity contribution in [2.24, 2.45) is 0 Å². The van der Waals surface area contributed by atoms with Crippen molar-refractivity contribution in [1.82, 2.24) is 0 Å². The molecule has 0 amide bonds. The van der Waals surface area contributed by atoms with E-state index in [4.69, 9.17) is 0 Å². The Balaban J connectivity index is 2.35. The van der Waals surface area contributed by atoms with E-state index >= 15 is 0 Å². The average molecular weight is 240 g/mol. The molecule has 0 fully saturated rings. The van der Waals surface area contributed by atoms with Gasteiger partial charge in [0.2, 0.25) is 0 Å². The summed E-state index contributed by atoms with van der Waals surface area (Å²) in [6.45, 7) is 4.44. The van der Waals surface area contributed by atoms with E-state index in [9.17, 15) is 0 Å². The lowest BCUT2D eigenvalue weighted by molar-refractivity contribution is 1.10. The summed E-state index contributed by atoms with van der Waals surface area (Å²) in [5, 5.41) is 0. The largest absolute Gasteiger partial charge is 0.157 e. The van der Waals surface area contributed by atoms with Gasteiger partial charge in [-0.15, -0.1) is 0 Å². The zero-order valence-corrected chi connectivity index (χ0v) is 11.3. The molecule has 0 aliphatic rings. The molecule has 0 radical (unpaired) electrons. The van der Waals surface area contributed by atoms with Crippen LogP contribution in [0.3, 0.4) is 0 Å². The third-order valence-corrected chi connectivity index (χ3v) is 4.29. The molecule has 1 aromatic carbocycles. The van der Waals surface area contributed by atoms with Gasteiger partial charge < -0.3 is 0 Å². The van der Waals surface area contributed by atoms with Crippen LogP contribution in [0.2, 0.25) is 0 Å². The van der Waals surface area contributed by atoms with Crippen LogP contribution in [0, 0.1) is 0 Å². The van der Waals surface area contributed by atoms with Gasteiger partial charge in [-0.25, -0.2) is 0 Å². The highest BCUT2D eigenvalue weighted by atomic mass is 32.2. The van der Waals surface area contributed by atoms with Crippen LogP contribution in [0.1, 0.15) is 31.4 Å². The monoisotopic (exact) mass is 240 g/mol. The second kappa shape index (κ2) is 8.12. The van der Waals surface area contributed by atoms with Crippen molar-refractivity contribution in [3.05, 3.63) is 35.4 Å². The van der Waals surface area contributed by atoms with Crippen LogP contribution >= 0.6 is 23.5 Å². The van der Waals surface area contributed by atoms with Crippen molar-refractivity contribution < 1.29 is 0 Å². The molecule has 0 saturated carbocycles. The van der Waals surface area contributed by atoms with E-state index in [1.54, 1.807) is 0 Å². The summed E-state index contributed by atoms with van der Waals surface area (Å²) in [6, 6.07) is 9.08. The van der Waals surface area contributed by atoms with Crippen LogP contribution in [-0.2, 0) is 11.5 Å². The van der Waals surface area contributed by atoms with E-state index in [-0.39, 0.29) is 0 Å². The molecule has 0 nitrogen and oxygen atoms in total. The highest BCUT2D eigenvalue weighted by Crippen LogP contribution is 2.16. The molecule has 15 heavy (non-hydrogen) atoms. The smallest absolute Gasteiger partial charge is 0.0184 e. The van der Waals surface area contributed by atoms with E-state index in [1.807, 2.05) is 23.5 Å². The van der Waals surface area contributed by atoms with Gasteiger partial charge >= 0.3 is 0 Å². The quantitative estimate of drug-likeness (QED) is 0.640. The number of hydrogen-bond acceptors (Lipinski definition) is 2. The molecule has 1 aromatic rings. The fourth-order valence-corrected chi connectivity index (χ4v) is 2.78. The van der Waals surface area contributed by atoms with Crippen LogP contribution < -0.4 is 0 Å². The van der Waals surface area contributed by atoms with E-state index in [2.05, 4.69) is 38.1 Å². The van der Waals surface area contributed by atoms with Crippen LogP contribution in [0.4, 0.5) is 0 Å². The van der Waals surface area contributed by atoms with Crippen molar-refractivity contribution in [1.29, 1.82) is 0 Å². The van der Waals surface area contributed by atoms with Gasteiger partial charge in [-0.2, -0.15) is 23.5 Å². The summed E-state index contributed by atoms with van der Waals surface area (Å²) in [7, 11) is 0. The van der Waals surface area contributed by atoms with Gasteiger partial charge in [0.1, 0.15) is 0 Å². The average Bonchev–Trinajstić information content (AvgIpc) is 2.28. The number of rotatable bonds is 7. The third kappa shape index (κ3) is 5.53. The first-order valence-electron chi connectivity index (χ1n) is 5.60. The van der Waals surface area contributed by atoms with Gasteiger partial charge in [-0.1, -0.05) is 38.1 Å². The molecule has 84 valence electrons. The number of hydrogen-bond donors (Lipinski definition) is 0. The molecule has 0 bridgehead atoms. The molecule has 0 spiro atoms. The SMILES string of the molecule is CCCSCc1ccc(CSCC)cc1. The van der Waals surface area contributed by atoms with Crippen LogP contribution in [0.15, 0.2) is 24.3 Å². The predicted octanol–water partition coefficient (Wildman–Crippen LogP) is 4.58. The first-order valence-corrected chi connectivity index (χ1v) is 7.91. The Bertz CT molecular complexity index is 254. The fraction of sp³-hybridized carbons (Fsp3) is 0.538. The van der Waals surface area contributed by atoms with Crippen molar-refractivity contribution in [2.45, 2.75) is 31.8 Å². The number of benzene rings is 1. The Kier molecular flexibility index (Phi) is 7.03. The summed E-state index contributed by atoms with van der Waals surface area (Å²) in [6.07, 6.45) is 1.27. The molecule has 0 unspecified atom stereocenters. The Labute approximate surface area is 102 Å². The Morgan fingerprint density at radius 1 is 0.867 bits per heavy atom. The molecular formula is C13H20S2. The minimum Gasteiger partial charge on any atom is -0.157 e. The maximum absolute atomic E-state index is 2.27. The molecule has 0 aromatic heterocycles. The van der Waals surface area contributed by atoms with Crippen LogP contribution in [0.5, 0.6) is 0 Å². The van der Waals surface area contributed by atoms with Crippen LogP contribution in [-0.4, -0.2) is 11.5 Å². The molecular weight excluding hydrogens is 220 g/mol. The lowest BCUT2D eigenvalue weighted by Gasteiger charge is -2.03. The number of thioether (sulfide) groups is 2. The Hall–Kier alpha value is -0.0800. The van der Waals surface area contributed by atoms with Crippen molar-refractivity contribution in [2.75, 3.05) is 11.5 Å². The zero-order valence-electron chi connectivity index (χ0n) is 9.66. The molecule has 0 aliphatic carbocycles. The highest BCUT2D eigenvalue weighted by molar-refractivity contribution is 7.98. The molecule has 1 rings (SSSR count). The van der Waals surface area contributed by atoms with Gasteiger partial charge in [-0.05, 0) is 29.1 Å². The zero-order chi connectivity index (χ0) is 10.9. The van der Waals surface area contributed by atoms with Gasteiger partial charge in [-0.3, -0.25) is 0 Å². The summed E-state index contributed by atoms with van der Waals surface area (Å²) in [5.41, 5.74) is 2.91. The topological polar surface area (TPSA) is 0 Å². The van der Waals surface area contributed by atoms with Crippen molar-refractivity contribution >= 4 is 23.5 Å². The molecule has 0 atom stereocenters. The summed E-state index contributed by atoms with van der Waals surface area (Å²) in [4.78, 5) is 0. The molecule has 0 heterocycles. The first-order chi connectivity index (χ1) is 7.36. The second-order valence-corrected chi connectivity index (χ2v) is 5.89. The van der Waals surface area contributed by atoms with Crippen molar-refractivity contribution in [3.63, 3.8) is 0 Å². The van der Waals surface area contributed by atoms with Gasteiger partial charge in [0.15, 0.2) is 0 Å². The summed E-state index contributed by atoms with van der Waals surface area (Å²) in [5.74, 6) is 4.79. The van der Waals surface area contributed by atoms with Gasteiger partial charge in [0, 0.05) is 11.5 Å². The van der Waals surface area contributed by atoms with E-state index in [0.717, 1.165) is 11.5 Å². The molecule has 0 N–H and O–H groups in total. The maximum atomic E-state index is 2.27. The van der Waals surface area contributed by atoms with E-state index in [0.29, 0.717) is 0 Å². The minimum atomic E-state index is 1.15. The Morgan fingerprint density at radius 2 is 1.40 bits per heavy atom. The van der Waals surface area contributed by atoms with E-state index in [1.165, 1.54) is 29.1 Å². The van der Waals surface area contributed by atoms with Crippen LogP contribution in [0.25, 0.3) is 0 Å². The molecule has 0 aliphatic heterocycles. The maximum Gasteiger partial charge on any atom is 0.0184 e. The highest BCUT2D eigenvalue weighted by Gasteiger charge is 1.95. The standard InChI is InChI=1S/C13H20S2/c1-3-9-15-11-13-7-5-12(6-8-13)10-14-4-2/h5-8H,3-4,9-11H2,1-2H3. The van der Waals surface area contributed by atoms with Gasteiger partial charge in [0.25, 0.3) is 0 Å². The van der Waals surface area contributed by atoms with Gasteiger partial charge in [0.05, 0.1) is 0 Å². The summed E-state index contributed by atoms with van der Waals surface area (Å²) < 4.78 is 0. The lowest BCUT2D eigenvalue weighted by atomic mass is 10.2. The Morgan fingerprint density at radius 3 is 1.87 bits per heavy atom. The summed E-state index contributed by atoms with van der Waals surface area (Å²) >= 11 is 4.01. The predicted molar refractivity (Wildman–Crippen MR) is 74.7 cm³/mol. The molecule has 2 heteroatoms. The van der Waals surface area contributed by atoms with E-state index < -0.39 is 0 Å². The lowest BCUT2D eigenvalue weighted by Crippen LogP contribution is -1.85. The minimum absolute atomic E-state index is 1.15. The first kappa shape index (κ1) is 13.0. The third-order valence-electron chi connectivity index (χ3n) is 2.11. The fourth-order valence-electron chi connectivity index (χ4n) is 1.29. The second-order valence-electron chi connectivity index (χ2n) is 3.51. The van der Waals surface area contributed by atoms with Crippen molar-refractivity contribution in [3.8, 4) is 0 Å². The molecule has 0 saturated heterocycles.